The molecule has 1 aliphatic rings. The quantitative estimate of drug-likeness (QED) is 0.819. The highest BCUT2D eigenvalue weighted by atomic mass is 32.2. The number of hydrogen-bond acceptors (Lipinski definition) is 3. The fourth-order valence-electron chi connectivity index (χ4n) is 1.95. The second-order valence-corrected chi connectivity index (χ2v) is 6.18. The predicted octanol–water partition coefficient (Wildman–Crippen LogP) is 1.71. The van der Waals surface area contributed by atoms with Crippen molar-refractivity contribution >= 4 is 17.7 Å². The number of nitrogens with zero attached hydrogens (tertiary/aromatic N) is 1. The molecule has 1 amide bonds. The van der Waals surface area contributed by atoms with Gasteiger partial charge in [-0.3, -0.25) is 4.79 Å². The Kier molecular flexibility index (Phi) is 5.62. The van der Waals surface area contributed by atoms with Crippen LogP contribution < -0.4 is 5.73 Å². The SMILES string of the molecule is CCCC(N)C(=O)N1CCSC(C(C)C)C1. The van der Waals surface area contributed by atoms with E-state index in [2.05, 4.69) is 20.8 Å². The molecule has 1 fully saturated rings. The first kappa shape index (κ1) is 13.8. The van der Waals surface area contributed by atoms with Crippen LogP contribution in [0.2, 0.25) is 0 Å². The fourth-order valence-corrected chi connectivity index (χ4v) is 3.25. The van der Waals surface area contributed by atoms with Gasteiger partial charge in [0, 0.05) is 24.1 Å². The highest BCUT2D eigenvalue weighted by Gasteiger charge is 2.28. The third-order valence-electron chi connectivity index (χ3n) is 3.07. The molecule has 1 rings (SSSR count). The lowest BCUT2D eigenvalue weighted by Gasteiger charge is -2.35. The Morgan fingerprint density at radius 1 is 1.56 bits per heavy atom. The van der Waals surface area contributed by atoms with Gasteiger partial charge in [0.2, 0.25) is 5.91 Å². The Hall–Kier alpha value is -0.220. The van der Waals surface area contributed by atoms with Crippen molar-refractivity contribution in [2.45, 2.75) is 44.9 Å². The normalized spacial score (nSPS) is 23.6. The molecule has 4 heteroatoms. The number of hydrogen-bond donors (Lipinski definition) is 1. The van der Waals surface area contributed by atoms with Gasteiger partial charge in [0.25, 0.3) is 0 Å². The lowest BCUT2D eigenvalue weighted by Crippen LogP contribution is -2.50. The van der Waals surface area contributed by atoms with E-state index in [1.165, 1.54) is 0 Å². The van der Waals surface area contributed by atoms with Crippen molar-refractivity contribution in [2.24, 2.45) is 11.7 Å². The number of rotatable bonds is 4. The molecule has 2 N–H and O–H groups in total. The number of amides is 1. The summed E-state index contributed by atoms with van der Waals surface area (Å²) in [5, 5.41) is 0.575. The standard InChI is InChI=1S/C12H24N2OS/c1-4-5-10(13)12(15)14-6-7-16-11(8-14)9(2)3/h9-11H,4-8,13H2,1-3H3. The molecular formula is C12H24N2OS. The summed E-state index contributed by atoms with van der Waals surface area (Å²) in [4.78, 5) is 14.0. The van der Waals surface area contributed by atoms with E-state index < -0.39 is 0 Å². The zero-order valence-corrected chi connectivity index (χ0v) is 11.4. The van der Waals surface area contributed by atoms with Gasteiger partial charge in [-0.15, -0.1) is 0 Å². The molecule has 0 spiro atoms. The van der Waals surface area contributed by atoms with Crippen molar-refractivity contribution in [1.82, 2.24) is 4.90 Å². The van der Waals surface area contributed by atoms with Crippen LogP contribution >= 0.6 is 11.8 Å². The molecule has 0 radical (unpaired) electrons. The number of carbonyl (C=O) groups is 1. The summed E-state index contributed by atoms with van der Waals surface area (Å²) in [6, 6.07) is -0.291. The highest BCUT2D eigenvalue weighted by Crippen LogP contribution is 2.25. The molecule has 16 heavy (non-hydrogen) atoms. The van der Waals surface area contributed by atoms with E-state index in [4.69, 9.17) is 5.73 Å². The van der Waals surface area contributed by atoms with E-state index in [0.29, 0.717) is 11.2 Å². The van der Waals surface area contributed by atoms with Crippen molar-refractivity contribution in [3.63, 3.8) is 0 Å². The molecular weight excluding hydrogens is 220 g/mol. The smallest absolute Gasteiger partial charge is 0.239 e. The largest absolute Gasteiger partial charge is 0.339 e. The Balaban J connectivity index is 2.49. The van der Waals surface area contributed by atoms with Crippen molar-refractivity contribution in [1.29, 1.82) is 0 Å². The minimum absolute atomic E-state index is 0.146. The maximum absolute atomic E-state index is 12.0. The lowest BCUT2D eigenvalue weighted by molar-refractivity contribution is -0.132. The Bertz CT molecular complexity index is 233. The molecule has 2 atom stereocenters. The van der Waals surface area contributed by atoms with Gasteiger partial charge in [0.1, 0.15) is 0 Å². The minimum Gasteiger partial charge on any atom is -0.339 e. The first-order valence-electron chi connectivity index (χ1n) is 6.22. The minimum atomic E-state index is -0.291. The van der Waals surface area contributed by atoms with Gasteiger partial charge in [-0.25, -0.2) is 0 Å². The summed E-state index contributed by atoms with van der Waals surface area (Å²) in [6.07, 6.45) is 1.78. The lowest BCUT2D eigenvalue weighted by atomic mass is 10.1. The third kappa shape index (κ3) is 3.67. The van der Waals surface area contributed by atoms with Crippen LogP contribution in [0, 0.1) is 5.92 Å². The molecule has 0 saturated carbocycles. The van der Waals surface area contributed by atoms with Crippen molar-refractivity contribution in [3.8, 4) is 0 Å². The van der Waals surface area contributed by atoms with Gasteiger partial charge >= 0.3 is 0 Å². The predicted molar refractivity (Wildman–Crippen MR) is 70.5 cm³/mol. The second kappa shape index (κ2) is 6.50. The summed E-state index contributed by atoms with van der Waals surface area (Å²) in [5.74, 6) is 1.82. The van der Waals surface area contributed by atoms with E-state index >= 15 is 0 Å². The van der Waals surface area contributed by atoms with Crippen LogP contribution in [0.25, 0.3) is 0 Å². The van der Waals surface area contributed by atoms with Crippen molar-refractivity contribution in [3.05, 3.63) is 0 Å². The summed E-state index contributed by atoms with van der Waals surface area (Å²) < 4.78 is 0. The van der Waals surface area contributed by atoms with Gasteiger partial charge in [-0.2, -0.15) is 11.8 Å². The average Bonchev–Trinajstić information content (AvgIpc) is 2.28. The Morgan fingerprint density at radius 2 is 2.25 bits per heavy atom. The Labute approximate surface area is 103 Å². The molecule has 94 valence electrons. The molecule has 1 heterocycles. The molecule has 0 aromatic rings. The molecule has 0 aliphatic carbocycles. The van der Waals surface area contributed by atoms with Crippen LogP contribution in [0.3, 0.4) is 0 Å². The van der Waals surface area contributed by atoms with Crippen LogP contribution in [-0.4, -0.2) is 40.9 Å². The van der Waals surface area contributed by atoms with E-state index in [-0.39, 0.29) is 11.9 Å². The average molecular weight is 244 g/mol. The number of carbonyl (C=O) groups excluding carboxylic acids is 1. The maximum atomic E-state index is 12.0. The van der Waals surface area contributed by atoms with Crippen LogP contribution in [0.1, 0.15) is 33.6 Å². The Morgan fingerprint density at radius 3 is 2.81 bits per heavy atom. The molecule has 1 saturated heterocycles. The monoisotopic (exact) mass is 244 g/mol. The molecule has 0 aromatic carbocycles. The molecule has 1 aliphatic heterocycles. The molecule has 3 nitrogen and oxygen atoms in total. The van der Waals surface area contributed by atoms with E-state index in [0.717, 1.165) is 31.7 Å². The van der Waals surface area contributed by atoms with Gasteiger partial charge in [-0.05, 0) is 12.3 Å². The van der Waals surface area contributed by atoms with Gasteiger partial charge in [0.15, 0.2) is 0 Å². The molecule has 0 aromatic heterocycles. The maximum Gasteiger partial charge on any atom is 0.239 e. The van der Waals surface area contributed by atoms with Crippen LogP contribution in [0.5, 0.6) is 0 Å². The molecule has 0 bridgehead atoms. The van der Waals surface area contributed by atoms with Gasteiger partial charge in [0.05, 0.1) is 6.04 Å². The fraction of sp³-hybridized carbons (Fsp3) is 0.917. The first-order valence-corrected chi connectivity index (χ1v) is 7.27. The topological polar surface area (TPSA) is 46.3 Å². The summed E-state index contributed by atoms with van der Waals surface area (Å²) in [5.41, 5.74) is 5.88. The van der Waals surface area contributed by atoms with Crippen LogP contribution in [-0.2, 0) is 4.79 Å². The summed E-state index contributed by atoms with van der Waals surface area (Å²) in [7, 11) is 0. The number of nitrogens with two attached hydrogens (primary N) is 1. The van der Waals surface area contributed by atoms with Crippen molar-refractivity contribution in [2.75, 3.05) is 18.8 Å². The van der Waals surface area contributed by atoms with Gasteiger partial charge in [-0.1, -0.05) is 27.2 Å². The third-order valence-corrected chi connectivity index (χ3v) is 4.61. The first-order chi connectivity index (χ1) is 7.56. The van der Waals surface area contributed by atoms with Gasteiger partial charge < -0.3 is 10.6 Å². The summed E-state index contributed by atoms with van der Waals surface area (Å²) >= 11 is 1.98. The molecule has 2 unspecified atom stereocenters. The van der Waals surface area contributed by atoms with E-state index in [1.807, 2.05) is 16.7 Å². The second-order valence-electron chi connectivity index (χ2n) is 4.83. The zero-order valence-electron chi connectivity index (χ0n) is 10.6. The zero-order chi connectivity index (χ0) is 12.1. The highest BCUT2D eigenvalue weighted by molar-refractivity contribution is 8.00. The number of thioether (sulfide) groups is 1. The van der Waals surface area contributed by atoms with Crippen molar-refractivity contribution < 1.29 is 4.79 Å². The van der Waals surface area contributed by atoms with E-state index in [9.17, 15) is 4.79 Å². The van der Waals surface area contributed by atoms with Crippen LogP contribution in [0.4, 0.5) is 0 Å². The van der Waals surface area contributed by atoms with Crippen LogP contribution in [0.15, 0.2) is 0 Å². The summed E-state index contributed by atoms with van der Waals surface area (Å²) in [6.45, 7) is 8.24. The van der Waals surface area contributed by atoms with E-state index in [1.54, 1.807) is 0 Å².